The SMILES string of the molecule is CCC(CC)CC(NC(=O)[C@@H]1CCCN1C(=O)C(NC(=O)NC(N)C(=O)OC(C)C)C(C)(C)C)C(=O)C(N)=O. The van der Waals surface area contributed by atoms with Gasteiger partial charge >= 0.3 is 12.0 Å². The summed E-state index contributed by atoms with van der Waals surface area (Å²) in [6, 6.07) is -3.92. The molecule has 7 N–H and O–H groups in total. The van der Waals surface area contributed by atoms with Crippen LogP contribution >= 0.6 is 0 Å². The van der Waals surface area contributed by atoms with E-state index in [-0.39, 0.29) is 18.9 Å². The van der Waals surface area contributed by atoms with Gasteiger partial charge < -0.3 is 37.1 Å². The number of carbonyl (C=O) groups is 6. The van der Waals surface area contributed by atoms with E-state index in [0.29, 0.717) is 12.8 Å². The Morgan fingerprint density at radius 3 is 2.08 bits per heavy atom. The average Bonchev–Trinajstić information content (AvgIpc) is 3.33. The summed E-state index contributed by atoms with van der Waals surface area (Å²) in [7, 11) is 0. The lowest BCUT2D eigenvalue weighted by molar-refractivity contribution is -0.149. The van der Waals surface area contributed by atoms with Gasteiger partial charge in [0.05, 0.1) is 12.1 Å². The van der Waals surface area contributed by atoms with E-state index in [1.54, 1.807) is 34.6 Å². The van der Waals surface area contributed by atoms with Gasteiger partial charge in [-0.25, -0.2) is 9.59 Å². The standard InChI is InChI=1S/C26H46N6O7/c1-8-15(9-2)13-16(18(33)21(28)34)29-22(35)17-11-10-12-32(17)23(36)19(26(5,6)7)30-25(38)31-20(27)24(37)39-14(3)4/h14-17,19-20H,8-13,27H2,1-7H3,(H2,28,34)(H,29,35)(H2,30,31,38)/t16?,17-,19?,20?/m0/s1. The maximum absolute atomic E-state index is 13.6. The maximum Gasteiger partial charge on any atom is 0.343 e. The van der Waals surface area contributed by atoms with Crippen LogP contribution in [0.3, 0.4) is 0 Å². The number of carbonyl (C=O) groups excluding carboxylic acids is 6. The lowest BCUT2D eigenvalue weighted by atomic mass is 9.85. The van der Waals surface area contributed by atoms with Crippen molar-refractivity contribution in [2.24, 2.45) is 22.8 Å². The molecular formula is C26H46N6O7. The summed E-state index contributed by atoms with van der Waals surface area (Å²) in [4.78, 5) is 77.0. The molecular weight excluding hydrogens is 508 g/mol. The number of hydrogen-bond donors (Lipinski definition) is 5. The van der Waals surface area contributed by atoms with E-state index in [1.165, 1.54) is 4.90 Å². The minimum absolute atomic E-state index is 0.0945. The molecule has 0 aliphatic carbocycles. The number of amides is 5. The number of urea groups is 1. The fraction of sp³-hybridized carbons (Fsp3) is 0.769. The minimum atomic E-state index is -1.44. The molecule has 1 rings (SSSR count). The molecule has 39 heavy (non-hydrogen) atoms. The molecule has 0 aromatic carbocycles. The number of esters is 1. The lowest BCUT2D eigenvalue weighted by Crippen LogP contribution is -2.61. The molecule has 1 heterocycles. The molecule has 1 aliphatic heterocycles. The van der Waals surface area contributed by atoms with Crippen molar-refractivity contribution >= 4 is 35.5 Å². The van der Waals surface area contributed by atoms with Gasteiger partial charge in [0.25, 0.3) is 5.91 Å². The fourth-order valence-electron chi connectivity index (χ4n) is 4.42. The van der Waals surface area contributed by atoms with Crippen LogP contribution in [0.25, 0.3) is 0 Å². The molecule has 3 unspecified atom stereocenters. The van der Waals surface area contributed by atoms with E-state index in [2.05, 4.69) is 16.0 Å². The van der Waals surface area contributed by atoms with Crippen LogP contribution in [0.1, 0.15) is 80.6 Å². The zero-order valence-corrected chi connectivity index (χ0v) is 24.2. The molecule has 0 saturated carbocycles. The molecule has 13 nitrogen and oxygen atoms in total. The highest BCUT2D eigenvalue weighted by atomic mass is 16.5. The summed E-state index contributed by atoms with van der Waals surface area (Å²) in [5.41, 5.74) is 10.1. The predicted octanol–water partition coefficient (Wildman–Crippen LogP) is 0.293. The van der Waals surface area contributed by atoms with Crippen molar-refractivity contribution in [3.05, 3.63) is 0 Å². The normalized spacial score (nSPS) is 17.8. The third-order valence-electron chi connectivity index (χ3n) is 6.72. The summed E-state index contributed by atoms with van der Waals surface area (Å²) >= 11 is 0. The fourth-order valence-corrected chi connectivity index (χ4v) is 4.42. The zero-order valence-electron chi connectivity index (χ0n) is 24.2. The molecule has 222 valence electrons. The van der Waals surface area contributed by atoms with Crippen molar-refractivity contribution < 1.29 is 33.5 Å². The molecule has 1 aliphatic rings. The topological polar surface area (TPSA) is 203 Å². The van der Waals surface area contributed by atoms with Crippen molar-refractivity contribution in [1.82, 2.24) is 20.9 Å². The number of nitrogens with zero attached hydrogens (tertiary/aromatic N) is 1. The molecule has 4 atom stereocenters. The maximum atomic E-state index is 13.6. The number of ketones is 1. The summed E-state index contributed by atoms with van der Waals surface area (Å²) in [6.45, 7) is 12.7. The summed E-state index contributed by atoms with van der Waals surface area (Å²) in [6.07, 6.45) is 0.763. The van der Waals surface area contributed by atoms with Crippen LogP contribution in [0.15, 0.2) is 0 Å². The Hall–Kier alpha value is -3.22. The minimum Gasteiger partial charge on any atom is -0.460 e. The largest absolute Gasteiger partial charge is 0.460 e. The number of nitrogens with two attached hydrogens (primary N) is 2. The number of rotatable bonds is 13. The van der Waals surface area contributed by atoms with Gasteiger partial charge in [0.15, 0.2) is 6.17 Å². The number of primary amides is 1. The van der Waals surface area contributed by atoms with Crippen molar-refractivity contribution in [1.29, 1.82) is 0 Å². The van der Waals surface area contributed by atoms with Crippen LogP contribution in [-0.4, -0.2) is 77.3 Å². The molecule has 0 spiro atoms. The Bertz CT molecular complexity index is 913. The molecule has 0 aromatic rings. The molecule has 13 heteroatoms. The molecule has 1 fully saturated rings. The summed E-state index contributed by atoms with van der Waals surface area (Å²) < 4.78 is 4.98. The zero-order chi connectivity index (χ0) is 30.1. The second kappa shape index (κ2) is 14.8. The van der Waals surface area contributed by atoms with Crippen molar-refractivity contribution in [2.75, 3.05) is 6.54 Å². The molecule has 0 aromatic heterocycles. The van der Waals surface area contributed by atoms with Crippen LogP contribution in [0.2, 0.25) is 0 Å². The molecule has 5 amide bonds. The van der Waals surface area contributed by atoms with Gasteiger partial charge in [-0.2, -0.15) is 0 Å². The molecule has 0 radical (unpaired) electrons. The first-order chi connectivity index (χ1) is 18.0. The first kappa shape index (κ1) is 33.8. The summed E-state index contributed by atoms with van der Waals surface area (Å²) in [5.74, 6) is -3.83. The van der Waals surface area contributed by atoms with Gasteiger partial charge in [-0.05, 0) is 44.4 Å². The number of hydrogen-bond acceptors (Lipinski definition) is 8. The van der Waals surface area contributed by atoms with Crippen LogP contribution < -0.4 is 27.4 Å². The third kappa shape index (κ3) is 10.1. The lowest BCUT2D eigenvalue weighted by Gasteiger charge is -2.36. The van der Waals surface area contributed by atoms with Gasteiger partial charge in [-0.15, -0.1) is 0 Å². The quantitative estimate of drug-likeness (QED) is 0.121. The Kier molecular flexibility index (Phi) is 12.8. The van der Waals surface area contributed by atoms with Crippen LogP contribution in [0, 0.1) is 11.3 Å². The Morgan fingerprint density at radius 1 is 1.00 bits per heavy atom. The van der Waals surface area contributed by atoms with Gasteiger partial charge in [-0.3, -0.25) is 19.2 Å². The van der Waals surface area contributed by atoms with E-state index in [4.69, 9.17) is 16.2 Å². The second-order valence-electron chi connectivity index (χ2n) is 11.3. The average molecular weight is 555 g/mol. The van der Waals surface area contributed by atoms with Crippen LogP contribution in [0.4, 0.5) is 4.79 Å². The Balaban J connectivity index is 3.06. The first-order valence-corrected chi connectivity index (χ1v) is 13.5. The highest BCUT2D eigenvalue weighted by Gasteiger charge is 2.43. The van der Waals surface area contributed by atoms with Gasteiger partial charge in [0, 0.05) is 6.54 Å². The van der Waals surface area contributed by atoms with Gasteiger partial charge in [-0.1, -0.05) is 47.5 Å². The number of Topliss-reactive ketones (excluding diaryl/α,β-unsaturated/α-hetero) is 1. The van der Waals surface area contributed by atoms with Crippen molar-refractivity contribution in [3.8, 4) is 0 Å². The first-order valence-electron chi connectivity index (χ1n) is 13.5. The van der Waals surface area contributed by atoms with Crippen LogP contribution in [0.5, 0.6) is 0 Å². The van der Waals surface area contributed by atoms with E-state index in [1.807, 2.05) is 13.8 Å². The number of ether oxygens (including phenoxy) is 1. The van der Waals surface area contributed by atoms with Crippen molar-refractivity contribution in [2.45, 2.75) is 111 Å². The van der Waals surface area contributed by atoms with E-state index in [9.17, 15) is 28.8 Å². The van der Waals surface area contributed by atoms with Gasteiger partial charge in [0.2, 0.25) is 17.6 Å². The molecule has 1 saturated heterocycles. The monoisotopic (exact) mass is 554 g/mol. The van der Waals surface area contributed by atoms with E-state index in [0.717, 1.165) is 12.8 Å². The van der Waals surface area contributed by atoms with Gasteiger partial charge in [0.1, 0.15) is 12.1 Å². The highest BCUT2D eigenvalue weighted by molar-refractivity contribution is 6.37. The van der Waals surface area contributed by atoms with E-state index >= 15 is 0 Å². The van der Waals surface area contributed by atoms with Crippen LogP contribution in [-0.2, 0) is 28.7 Å². The predicted molar refractivity (Wildman–Crippen MR) is 144 cm³/mol. The highest BCUT2D eigenvalue weighted by Crippen LogP contribution is 2.26. The Morgan fingerprint density at radius 2 is 1.59 bits per heavy atom. The molecule has 0 bridgehead atoms. The summed E-state index contributed by atoms with van der Waals surface area (Å²) in [5, 5.41) is 7.48. The van der Waals surface area contributed by atoms with E-state index < -0.39 is 71.3 Å². The number of likely N-dealkylation sites (tertiary alicyclic amines) is 1. The smallest absolute Gasteiger partial charge is 0.343 e. The van der Waals surface area contributed by atoms with Crippen molar-refractivity contribution in [3.63, 3.8) is 0 Å². The number of nitrogens with one attached hydrogen (secondary N) is 3. The second-order valence-corrected chi connectivity index (χ2v) is 11.3. The Labute approximate surface area is 230 Å². The third-order valence-corrected chi connectivity index (χ3v) is 6.72.